The molecule has 1 atom stereocenters. The summed E-state index contributed by atoms with van der Waals surface area (Å²) in [6.45, 7) is -0.149. The standard InChI is InChI=1S/C25H24N2O5/c1-30-18-13-14-22(32-3)20(15-18)26-16-23(28)27(19-11-7-8-12-21(19)31-2)24(25(26)29)17-9-5-4-6-10-17/h4-15,24H,16H2,1-3H3. The molecule has 7 heteroatoms. The summed E-state index contributed by atoms with van der Waals surface area (Å²) < 4.78 is 16.3. The van der Waals surface area contributed by atoms with Gasteiger partial charge >= 0.3 is 0 Å². The maximum absolute atomic E-state index is 13.9. The van der Waals surface area contributed by atoms with E-state index in [1.807, 2.05) is 42.5 Å². The normalized spacial score (nSPS) is 16.2. The van der Waals surface area contributed by atoms with E-state index in [4.69, 9.17) is 14.2 Å². The molecular weight excluding hydrogens is 408 g/mol. The maximum Gasteiger partial charge on any atom is 0.255 e. The number of amides is 2. The Hall–Kier alpha value is -4.00. The average Bonchev–Trinajstić information content (AvgIpc) is 2.85. The van der Waals surface area contributed by atoms with Gasteiger partial charge in [0, 0.05) is 6.07 Å². The summed E-state index contributed by atoms with van der Waals surface area (Å²) in [7, 11) is 4.61. The highest BCUT2D eigenvalue weighted by molar-refractivity contribution is 6.15. The molecule has 0 radical (unpaired) electrons. The third-order valence-electron chi connectivity index (χ3n) is 5.46. The highest BCUT2D eigenvalue weighted by Gasteiger charge is 2.43. The fraction of sp³-hybridized carbons (Fsp3) is 0.200. The molecule has 0 bridgehead atoms. The third kappa shape index (κ3) is 3.73. The molecule has 1 heterocycles. The lowest BCUT2D eigenvalue weighted by Crippen LogP contribution is -2.56. The average molecular weight is 432 g/mol. The summed E-state index contributed by atoms with van der Waals surface area (Å²) in [5.74, 6) is 1.05. The van der Waals surface area contributed by atoms with Crippen molar-refractivity contribution in [2.24, 2.45) is 0 Å². The molecule has 1 unspecified atom stereocenters. The second-order valence-electron chi connectivity index (χ2n) is 7.21. The van der Waals surface area contributed by atoms with Crippen LogP contribution in [0.4, 0.5) is 11.4 Å². The van der Waals surface area contributed by atoms with Gasteiger partial charge in [-0.25, -0.2) is 0 Å². The lowest BCUT2D eigenvalue weighted by atomic mass is 9.99. The summed E-state index contributed by atoms with van der Waals surface area (Å²) in [6, 6.07) is 20.7. The van der Waals surface area contributed by atoms with Crippen LogP contribution >= 0.6 is 0 Å². The Morgan fingerprint density at radius 3 is 2.09 bits per heavy atom. The van der Waals surface area contributed by atoms with Crippen LogP contribution in [0.5, 0.6) is 17.2 Å². The first-order chi connectivity index (χ1) is 15.6. The van der Waals surface area contributed by atoms with Gasteiger partial charge in [-0.3, -0.25) is 19.4 Å². The van der Waals surface area contributed by atoms with Crippen molar-refractivity contribution in [1.82, 2.24) is 0 Å². The van der Waals surface area contributed by atoms with Crippen LogP contribution in [0, 0.1) is 0 Å². The van der Waals surface area contributed by atoms with Crippen molar-refractivity contribution in [1.29, 1.82) is 0 Å². The Kier molecular flexibility index (Phi) is 5.98. The van der Waals surface area contributed by atoms with Crippen LogP contribution in [0.2, 0.25) is 0 Å². The van der Waals surface area contributed by atoms with Gasteiger partial charge in [0.05, 0.1) is 32.7 Å². The number of anilines is 2. The monoisotopic (exact) mass is 432 g/mol. The van der Waals surface area contributed by atoms with E-state index in [1.54, 1.807) is 44.6 Å². The Morgan fingerprint density at radius 1 is 0.750 bits per heavy atom. The van der Waals surface area contributed by atoms with Crippen molar-refractivity contribution >= 4 is 23.2 Å². The van der Waals surface area contributed by atoms with E-state index in [-0.39, 0.29) is 18.4 Å². The number of hydrogen-bond donors (Lipinski definition) is 0. The molecule has 0 spiro atoms. The van der Waals surface area contributed by atoms with Crippen LogP contribution in [-0.4, -0.2) is 39.7 Å². The number of ether oxygens (including phenoxy) is 3. The second-order valence-corrected chi connectivity index (χ2v) is 7.21. The van der Waals surface area contributed by atoms with E-state index in [0.717, 1.165) is 0 Å². The first kappa shape index (κ1) is 21.2. The van der Waals surface area contributed by atoms with E-state index >= 15 is 0 Å². The minimum absolute atomic E-state index is 0.149. The molecule has 1 aliphatic rings. The lowest BCUT2D eigenvalue weighted by molar-refractivity contribution is -0.128. The van der Waals surface area contributed by atoms with Gasteiger partial charge in [0.25, 0.3) is 5.91 Å². The number of para-hydroxylation sites is 2. The number of carbonyl (C=O) groups excluding carboxylic acids is 2. The predicted octanol–water partition coefficient (Wildman–Crippen LogP) is 3.83. The first-order valence-electron chi connectivity index (χ1n) is 10.1. The molecule has 4 rings (SSSR count). The van der Waals surface area contributed by atoms with Gasteiger partial charge in [0.1, 0.15) is 29.8 Å². The Bertz CT molecular complexity index is 1130. The van der Waals surface area contributed by atoms with Crippen molar-refractivity contribution in [3.63, 3.8) is 0 Å². The highest BCUT2D eigenvalue weighted by atomic mass is 16.5. The van der Waals surface area contributed by atoms with E-state index < -0.39 is 6.04 Å². The van der Waals surface area contributed by atoms with Gasteiger partial charge in [-0.05, 0) is 29.8 Å². The fourth-order valence-electron chi connectivity index (χ4n) is 3.93. The van der Waals surface area contributed by atoms with Crippen LogP contribution in [0.1, 0.15) is 11.6 Å². The molecule has 3 aromatic carbocycles. The van der Waals surface area contributed by atoms with Gasteiger partial charge < -0.3 is 14.2 Å². The van der Waals surface area contributed by atoms with Crippen molar-refractivity contribution in [3.05, 3.63) is 78.4 Å². The molecule has 0 aliphatic carbocycles. The molecular formula is C25H24N2O5. The van der Waals surface area contributed by atoms with E-state index in [2.05, 4.69) is 0 Å². The second kappa shape index (κ2) is 9.01. The number of methoxy groups -OCH3 is 3. The molecule has 0 N–H and O–H groups in total. The largest absolute Gasteiger partial charge is 0.497 e. The van der Waals surface area contributed by atoms with E-state index in [9.17, 15) is 9.59 Å². The SMILES string of the molecule is COc1ccc(OC)c(N2CC(=O)N(c3ccccc3OC)C(c3ccccc3)C2=O)c1. The number of nitrogens with zero attached hydrogens (tertiary/aromatic N) is 2. The van der Waals surface area contributed by atoms with Crippen LogP contribution in [0.25, 0.3) is 0 Å². The summed E-state index contributed by atoms with van der Waals surface area (Å²) in [6.07, 6.45) is 0. The van der Waals surface area contributed by atoms with Gasteiger partial charge in [-0.2, -0.15) is 0 Å². The molecule has 2 amide bonds. The predicted molar refractivity (Wildman–Crippen MR) is 122 cm³/mol. The fourth-order valence-corrected chi connectivity index (χ4v) is 3.93. The number of benzene rings is 3. The quantitative estimate of drug-likeness (QED) is 0.592. The zero-order valence-corrected chi connectivity index (χ0v) is 18.1. The maximum atomic E-state index is 13.9. The Morgan fingerprint density at radius 2 is 1.41 bits per heavy atom. The summed E-state index contributed by atoms with van der Waals surface area (Å²) in [5, 5.41) is 0. The summed E-state index contributed by atoms with van der Waals surface area (Å²) >= 11 is 0. The molecule has 3 aromatic rings. The zero-order valence-electron chi connectivity index (χ0n) is 18.1. The Balaban J connectivity index is 1.86. The number of carbonyl (C=O) groups is 2. The lowest BCUT2D eigenvalue weighted by Gasteiger charge is -2.41. The molecule has 1 fully saturated rings. The van der Waals surface area contributed by atoms with Gasteiger partial charge in [-0.15, -0.1) is 0 Å². The Labute approximate surface area is 186 Å². The van der Waals surface area contributed by atoms with Crippen molar-refractivity contribution in [2.75, 3.05) is 37.7 Å². The third-order valence-corrected chi connectivity index (χ3v) is 5.46. The minimum Gasteiger partial charge on any atom is -0.497 e. The van der Waals surface area contributed by atoms with Gasteiger partial charge in [0.2, 0.25) is 5.91 Å². The molecule has 32 heavy (non-hydrogen) atoms. The molecule has 1 saturated heterocycles. The van der Waals surface area contributed by atoms with Crippen molar-refractivity contribution in [2.45, 2.75) is 6.04 Å². The van der Waals surface area contributed by atoms with Crippen molar-refractivity contribution in [3.8, 4) is 17.2 Å². The molecule has 7 nitrogen and oxygen atoms in total. The number of rotatable bonds is 6. The summed E-state index contributed by atoms with van der Waals surface area (Å²) in [4.78, 5) is 30.4. The van der Waals surface area contributed by atoms with E-state index in [0.29, 0.717) is 34.2 Å². The topological polar surface area (TPSA) is 68.3 Å². The minimum atomic E-state index is -0.871. The van der Waals surface area contributed by atoms with Crippen molar-refractivity contribution < 1.29 is 23.8 Å². The van der Waals surface area contributed by atoms with Crippen LogP contribution < -0.4 is 24.0 Å². The summed E-state index contributed by atoms with van der Waals surface area (Å²) in [5.41, 5.74) is 1.72. The zero-order chi connectivity index (χ0) is 22.7. The first-order valence-corrected chi connectivity index (χ1v) is 10.1. The number of piperazine rings is 1. The highest BCUT2D eigenvalue weighted by Crippen LogP contribution is 2.41. The molecule has 0 aromatic heterocycles. The van der Waals surface area contributed by atoms with Gasteiger partial charge in [0.15, 0.2) is 0 Å². The van der Waals surface area contributed by atoms with E-state index in [1.165, 1.54) is 16.9 Å². The van der Waals surface area contributed by atoms with Crippen LogP contribution in [0.3, 0.4) is 0 Å². The smallest absolute Gasteiger partial charge is 0.255 e. The van der Waals surface area contributed by atoms with Crippen LogP contribution in [-0.2, 0) is 9.59 Å². The molecule has 164 valence electrons. The molecule has 0 saturated carbocycles. The number of hydrogen-bond acceptors (Lipinski definition) is 5. The molecule has 1 aliphatic heterocycles. The van der Waals surface area contributed by atoms with Gasteiger partial charge in [-0.1, -0.05) is 42.5 Å². The van der Waals surface area contributed by atoms with Crippen LogP contribution in [0.15, 0.2) is 72.8 Å².